The topological polar surface area (TPSA) is 61.8 Å². The van der Waals surface area contributed by atoms with Crippen LogP contribution < -0.4 is 0 Å². The summed E-state index contributed by atoms with van der Waals surface area (Å²) in [5, 5.41) is 0. The third-order valence-corrected chi connectivity index (χ3v) is 4.96. The lowest BCUT2D eigenvalue weighted by Gasteiger charge is -2.07. The van der Waals surface area contributed by atoms with Crippen molar-refractivity contribution in [3.8, 4) is 0 Å². The first-order valence-electron chi connectivity index (χ1n) is 12.1. The zero-order valence-corrected chi connectivity index (χ0v) is 19.2. The third kappa shape index (κ3) is 23.0. The molecule has 0 fully saturated rings. The van der Waals surface area contributed by atoms with Gasteiger partial charge in [-0.2, -0.15) is 0 Å². The van der Waals surface area contributed by atoms with E-state index in [0.717, 1.165) is 25.7 Å². The predicted molar refractivity (Wildman–Crippen MR) is 118 cm³/mol. The number of rotatable bonds is 22. The van der Waals surface area contributed by atoms with Crippen LogP contribution in [0.4, 0.5) is 0 Å². The van der Waals surface area contributed by atoms with Gasteiger partial charge < -0.3 is 14.2 Å². The third-order valence-electron chi connectivity index (χ3n) is 4.96. The van der Waals surface area contributed by atoms with Crippen molar-refractivity contribution >= 4 is 11.9 Å². The van der Waals surface area contributed by atoms with Gasteiger partial charge in [-0.05, 0) is 12.8 Å². The Morgan fingerprint density at radius 3 is 1.14 bits per heavy atom. The smallest absolute Gasteiger partial charge is 0.332 e. The molecule has 172 valence electrons. The van der Waals surface area contributed by atoms with Crippen molar-refractivity contribution in [3.05, 3.63) is 0 Å². The number of carbonyl (C=O) groups excluding carboxylic acids is 2. The van der Waals surface area contributed by atoms with Gasteiger partial charge in [-0.1, -0.05) is 104 Å². The van der Waals surface area contributed by atoms with Crippen molar-refractivity contribution in [1.82, 2.24) is 0 Å². The van der Waals surface area contributed by atoms with Crippen LogP contribution in [0.15, 0.2) is 0 Å². The zero-order chi connectivity index (χ0) is 21.4. The molecular formula is C24H46O5. The molecule has 0 unspecified atom stereocenters. The highest BCUT2D eigenvalue weighted by atomic mass is 16.6. The van der Waals surface area contributed by atoms with Crippen LogP contribution in [0.5, 0.6) is 0 Å². The summed E-state index contributed by atoms with van der Waals surface area (Å²) in [5.74, 6) is -0.826. The molecule has 5 heteroatoms. The summed E-state index contributed by atoms with van der Waals surface area (Å²) < 4.78 is 15.3. The van der Waals surface area contributed by atoms with Crippen LogP contribution in [0.25, 0.3) is 0 Å². The quantitative estimate of drug-likeness (QED) is 0.152. The minimum atomic E-state index is -0.413. The van der Waals surface area contributed by atoms with Gasteiger partial charge in [-0.3, -0.25) is 0 Å². The summed E-state index contributed by atoms with van der Waals surface area (Å²) in [6.45, 7) is 4.92. The maximum absolute atomic E-state index is 11.6. The fraction of sp³-hybridized carbons (Fsp3) is 0.917. The molecule has 5 nitrogen and oxygen atoms in total. The maximum atomic E-state index is 11.6. The second-order valence-corrected chi connectivity index (χ2v) is 7.88. The molecule has 0 spiro atoms. The molecule has 0 aliphatic heterocycles. The molecule has 0 aliphatic carbocycles. The molecule has 0 saturated carbocycles. The van der Waals surface area contributed by atoms with Crippen LogP contribution in [-0.2, 0) is 23.8 Å². The summed E-state index contributed by atoms with van der Waals surface area (Å²) in [6, 6.07) is 0. The minimum Gasteiger partial charge on any atom is -0.464 e. The standard InChI is InChI=1S/C24H46O5/c1-3-5-7-9-11-13-15-17-19-28-23(25)21-27-22-24(26)29-20-18-16-14-12-10-8-6-4-2/h3-22H2,1-2H3. The van der Waals surface area contributed by atoms with E-state index in [1.165, 1.54) is 77.0 Å². The van der Waals surface area contributed by atoms with Crippen molar-refractivity contribution in [3.63, 3.8) is 0 Å². The van der Waals surface area contributed by atoms with Crippen molar-refractivity contribution in [2.24, 2.45) is 0 Å². The van der Waals surface area contributed by atoms with Gasteiger partial charge in [0.2, 0.25) is 0 Å². The lowest BCUT2D eigenvalue weighted by Crippen LogP contribution is -2.19. The molecule has 0 aromatic rings. The number of hydrogen-bond acceptors (Lipinski definition) is 5. The Balaban J connectivity index is 3.31. The summed E-state index contributed by atoms with van der Waals surface area (Å²) in [7, 11) is 0. The molecule has 0 aromatic heterocycles. The van der Waals surface area contributed by atoms with Gasteiger partial charge in [0.05, 0.1) is 13.2 Å². The molecule has 0 bridgehead atoms. The Morgan fingerprint density at radius 1 is 0.483 bits per heavy atom. The number of unbranched alkanes of at least 4 members (excludes halogenated alkanes) is 14. The maximum Gasteiger partial charge on any atom is 0.332 e. The van der Waals surface area contributed by atoms with E-state index >= 15 is 0 Å². The van der Waals surface area contributed by atoms with E-state index in [0.29, 0.717) is 13.2 Å². The van der Waals surface area contributed by atoms with Crippen LogP contribution in [0.3, 0.4) is 0 Å². The fourth-order valence-corrected chi connectivity index (χ4v) is 3.14. The van der Waals surface area contributed by atoms with Crippen molar-refractivity contribution in [2.75, 3.05) is 26.4 Å². The second kappa shape index (κ2) is 23.2. The van der Waals surface area contributed by atoms with Crippen LogP contribution in [0.1, 0.15) is 117 Å². The number of carbonyl (C=O) groups is 2. The van der Waals surface area contributed by atoms with Gasteiger partial charge in [-0.25, -0.2) is 9.59 Å². The van der Waals surface area contributed by atoms with Gasteiger partial charge >= 0.3 is 11.9 Å². The average Bonchev–Trinajstić information content (AvgIpc) is 2.71. The van der Waals surface area contributed by atoms with E-state index in [9.17, 15) is 9.59 Å². The summed E-state index contributed by atoms with van der Waals surface area (Å²) in [6.07, 6.45) is 19.3. The van der Waals surface area contributed by atoms with E-state index in [1.54, 1.807) is 0 Å². The highest BCUT2D eigenvalue weighted by molar-refractivity contribution is 5.73. The van der Waals surface area contributed by atoms with Gasteiger partial charge in [0.1, 0.15) is 13.2 Å². The van der Waals surface area contributed by atoms with Gasteiger partial charge in [0.25, 0.3) is 0 Å². The number of esters is 2. The first-order valence-corrected chi connectivity index (χ1v) is 12.1. The van der Waals surface area contributed by atoms with Gasteiger partial charge in [-0.15, -0.1) is 0 Å². The molecule has 0 rings (SSSR count). The molecule has 0 radical (unpaired) electrons. The Hall–Kier alpha value is -1.10. The Bertz CT molecular complexity index is 336. The molecule has 0 atom stereocenters. The Labute approximate surface area is 179 Å². The van der Waals surface area contributed by atoms with Crippen LogP contribution in [-0.4, -0.2) is 38.4 Å². The molecule has 0 N–H and O–H groups in total. The van der Waals surface area contributed by atoms with E-state index < -0.39 is 11.9 Å². The first-order chi connectivity index (χ1) is 14.2. The van der Waals surface area contributed by atoms with E-state index in [-0.39, 0.29) is 13.2 Å². The highest BCUT2D eigenvalue weighted by Gasteiger charge is 2.07. The Morgan fingerprint density at radius 2 is 0.793 bits per heavy atom. The lowest BCUT2D eigenvalue weighted by molar-refractivity contribution is -0.155. The van der Waals surface area contributed by atoms with Crippen molar-refractivity contribution in [2.45, 2.75) is 117 Å². The lowest BCUT2D eigenvalue weighted by atomic mass is 10.1. The molecule has 0 heterocycles. The average molecular weight is 415 g/mol. The molecule has 0 saturated heterocycles. The monoisotopic (exact) mass is 414 g/mol. The van der Waals surface area contributed by atoms with Crippen LogP contribution >= 0.6 is 0 Å². The SMILES string of the molecule is CCCCCCCCCCOC(=O)COCC(=O)OCCCCCCCCCC. The normalized spacial score (nSPS) is 10.8. The predicted octanol–water partition coefficient (Wildman–Crippen LogP) is 6.37. The summed E-state index contributed by atoms with van der Waals surface area (Å²) >= 11 is 0. The second-order valence-electron chi connectivity index (χ2n) is 7.88. The molecule has 0 amide bonds. The fourth-order valence-electron chi connectivity index (χ4n) is 3.14. The summed E-state index contributed by atoms with van der Waals surface area (Å²) in [4.78, 5) is 23.1. The molecule has 29 heavy (non-hydrogen) atoms. The number of hydrogen-bond donors (Lipinski definition) is 0. The molecular weight excluding hydrogens is 368 g/mol. The van der Waals surface area contributed by atoms with Crippen molar-refractivity contribution in [1.29, 1.82) is 0 Å². The largest absolute Gasteiger partial charge is 0.464 e. The first kappa shape index (κ1) is 27.9. The minimum absolute atomic E-state index is 0.191. The van der Waals surface area contributed by atoms with Crippen LogP contribution in [0.2, 0.25) is 0 Å². The van der Waals surface area contributed by atoms with Gasteiger partial charge in [0, 0.05) is 0 Å². The van der Waals surface area contributed by atoms with Gasteiger partial charge in [0.15, 0.2) is 0 Å². The highest BCUT2D eigenvalue weighted by Crippen LogP contribution is 2.09. The number of ether oxygens (including phenoxy) is 3. The Kier molecular flexibility index (Phi) is 22.3. The van der Waals surface area contributed by atoms with Crippen molar-refractivity contribution < 1.29 is 23.8 Å². The summed E-state index contributed by atoms with van der Waals surface area (Å²) in [5.41, 5.74) is 0. The zero-order valence-electron chi connectivity index (χ0n) is 19.2. The van der Waals surface area contributed by atoms with E-state index in [1.807, 2.05) is 0 Å². The van der Waals surface area contributed by atoms with E-state index in [2.05, 4.69) is 13.8 Å². The van der Waals surface area contributed by atoms with Crippen LogP contribution in [0, 0.1) is 0 Å². The van der Waals surface area contributed by atoms with E-state index in [4.69, 9.17) is 14.2 Å². The molecule has 0 aliphatic rings. The molecule has 0 aromatic carbocycles.